The van der Waals surface area contributed by atoms with Crippen LogP contribution in [0.5, 0.6) is 0 Å². The highest BCUT2D eigenvalue weighted by molar-refractivity contribution is 6.04. The highest BCUT2D eigenvalue weighted by atomic mass is 19.1. The van der Waals surface area contributed by atoms with Gasteiger partial charge in [0.15, 0.2) is 5.43 Å². The van der Waals surface area contributed by atoms with Gasteiger partial charge in [-0.25, -0.2) is 9.18 Å². The van der Waals surface area contributed by atoms with Crippen molar-refractivity contribution >= 4 is 17.6 Å². The Hall–Kier alpha value is -2.96. The van der Waals surface area contributed by atoms with E-state index >= 15 is 0 Å². The van der Waals surface area contributed by atoms with Crippen molar-refractivity contribution in [3.8, 4) is 0 Å². The van der Waals surface area contributed by atoms with Gasteiger partial charge in [0.05, 0.1) is 5.56 Å². The summed E-state index contributed by atoms with van der Waals surface area (Å²) in [6, 6.07) is 4.32. The summed E-state index contributed by atoms with van der Waals surface area (Å²) in [5.74, 6) is -3.09. The Balaban J connectivity index is 2.25. The van der Waals surface area contributed by atoms with Crippen LogP contribution in [0.15, 0.2) is 41.5 Å². The Labute approximate surface area is 111 Å². The minimum absolute atomic E-state index is 0.0563. The van der Waals surface area contributed by atoms with E-state index in [0.29, 0.717) is 0 Å². The fourth-order valence-corrected chi connectivity index (χ4v) is 1.56. The molecule has 1 heterocycles. The van der Waals surface area contributed by atoms with Gasteiger partial charge < -0.3 is 15.4 Å². The summed E-state index contributed by atoms with van der Waals surface area (Å²) in [6.07, 6.45) is 2.60. The van der Waals surface area contributed by atoms with Gasteiger partial charge in [0.25, 0.3) is 5.91 Å². The van der Waals surface area contributed by atoms with Gasteiger partial charge in [-0.1, -0.05) is 0 Å². The maximum Gasteiger partial charge on any atom is 0.338 e. The first kappa shape index (κ1) is 13.5. The molecule has 20 heavy (non-hydrogen) atoms. The van der Waals surface area contributed by atoms with Gasteiger partial charge in [-0.2, -0.15) is 0 Å². The van der Waals surface area contributed by atoms with Crippen molar-refractivity contribution in [2.45, 2.75) is 0 Å². The number of rotatable bonds is 3. The van der Waals surface area contributed by atoms with Gasteiger partial charge in [-0.15, -0.1) is 0 Å². The van der Waals surface area contributed by atoms with E-state index in [-0.39, 0.29) is 11.3 Å². The van der Waals surface area contributed by atoms with Crippen molar-refractivity contribution < 1.29 is 19.1 Å². The zero-order valence-electron chi connectivity index (χ0n) is 10.0. The van der Waals surface area contributed by atoms with Crippen LogP contribution in [0.1, 0.15) is 20.7 Å². The van der Waals surface area contributed by atoms with Crippen LogP contribution in [-0.4, -0.2) is 22.0 Å². The average molecular weight is 276 g/mol. The van der Waals surface area contributed by atoms with Crippen molar-refractivity contribution in [2.75, 3.05) is 5.32 Å². The number of aromatic amines is 1. The Bertz CT molecular complexity index is 739. The molecule has 1 amide bonds. The molecular weight excluding hydrogens is 267 g/mol. The number of carboxylic acids is 1. The third kappa shape index (κ3) is 2.72. The average Bonchev–Trinajstić information content (AvgIpc) is 2.38. The Morgan fingerprint density at radius 3 is 2.55 bits per heavy atom. The molecule has 1 aromatic heterocycles. The lowest BCUT2D eigenvalue weighted by molar-refractivity contribution is 0.0692. The SMILES string of the molecule is O=C(O)c1ccc(NC(=O)c2c[nH]ccc2=O)cc1F. The third-order valence-corrected chi connectivity index (χ3v) is 2.53. The molecule has 2 rings (SSSR count). The number of pyridine rings is 1. The summed E-state index contributed by atoms with van der Waals surface area (Å²) in [5, 5.41) is 11.0. The quantitative estimate of drug-likeness (QED) is 0.790. The number of H-pyrrole nitrogens is 1. The molecule has 6 nitrogen and oxygen atoms in total. The Morgan fingerprint density at radius 2 is 1.95 bits per heavy atom. The van der Waals surface area contributed by atoms with E-state index in [2.05, 4.69) is 10.3 Å². The fraction of sp³-hybridized carbons (Fsp3) is 0. The number of nitrogens with one attached hydrogen (secondary N) is 2. The summed E-state index contributed by atoms with van der Waals surface area (Å²) in [6.45, 7) is 0. The van der Waals surface area contributed by atoms with Crippen LogP contribution in [0, 0.1) is 5.82 Å². The normalized spacial score (nSPS) is 10.1. The van der Waals surface area contributed by atoms with Gasteiger partial charge in [-0.05, 0) is 18.2 Å². The van der Waals surface area contributed by atoms with Crippen LogP contribution >= 0.6 is 0 Å². The smallest absolute Gasteiger partial charge is 0.338 e. The van der Waals surface area contributed by atoms with E-state index in [1.807, 2.05) is 0 Å². The monoisotopic (exact) mass is 276 g/mol. The second kappa shape index (κ2) is 5.35. The zero-order chi connectivity index (χ0) is 14.7. The molecule has 0 fully saturated rings. The number of amides is 1. The highest BCUT2D eigenvalue weighted by Crippen LogP contribution is 2.15. The van der Waals surface area contributed by atoms with Crippen molar-refractivity contribution in [1.82, 2.24) is 4.98 Å². The summed E-state index contributed by atoms with van der Waals surface area (Å²) >= 11 is 0. The Kier molecular flexibility index (Phi) is 3.60. The number of carbonyl (C=O) groups excluding carboxylic acids is 1. The van der Waals surface area contributed by atoms with Crippen molar-refractivity contribution in [3.63, 3.8) is 0 Å². The molecule has 0 aliphatic heterocycles. The van der Waals surface area contributed by atoms with E-state index in [0.717, 1.165) is 12.1 Å². The van der Waals surface area contributed by atoms with Gasteiger partial charge in [0.1, 0.15) is 11.4 Å². The number of hydrogen-bond donors (Lipinski definition) is 3. The second-order valence-corrected chi connectivity index (χ2v) is 3.88. The molecule has 0 unspecified atom stereocenters. The third-order valence-electron chi connectivity index (χ3n) is 2.53. The molecule has 0 radical (unpaired) electrons. The number of aromatic nitrogens is 1. The maximum atomic E-state index is 13.4. The molecule has 1 aromatic carbocycles. The van der Waals surface area contributed by atoms with E-state index in [4.69, 9.17) is 5.11 Å². The molecular formula is C13H9FN2O4. The lowest BCUT2D eigenvalue weighted by atomic mass is 10.2. The number of halogens is 1. The van der Waals surface area contributed by atoms with Gasteiger partial charge in [0.2, 0.25) is 0 Å². The molecule has 0 aliphatic carbocycles. The number of carbonyl (C=O) groups is 2. The molecule has 0 atom stereocenters. The molecule has 0 saturated carbocycles. The molecule has 3 N–H and O–H groups in total. The second-order valence-electron chi connectivity index (χ2n) is 3.88. The minimum atomic E-state index is -1.40. The van der Waals surface area contributed by atoms with E-state index in [9.17, 15) is 18.8 Å². The number of anilines is 1. The standard InChI is InChI=1S/C13H9FN2O4/c14-10-5-7(1-2-8(10)13(19)20)16-12(18)9-6-15-4-3-11(9)17/h1-6H,(H,15,17)(H,16,18)(H,19,20). The first-order valence-corrected chi connectivity index (χ1v) is 5.50. The van der Waals surface area contributed by atoms with Crippen LogP contribution in [0.3, 0.4) is 0 Å². The van der Waals surface area contributed by atoms with Crippen molar-refractivity contribution in [1.29, 1.82) is 0 Å². The highest BCUT2D eigenvalue weighted by Gasteiger charge is 2.13. The van der Waals surface area contributed by atoms with Crippen LogP contribution < -0.4 is 10.7 Å². The molecule has 2 aromatic rings. The Morgan fingerprint density at radius 1 is 1.20 bits per heavy atom. The first-order valence-electron chi connectivity index (χ1n) is 5.50. The summed E-state index contributed by atoms with van der Waals surface area (Å²) < 4.78 is 13.4. The maximum absolute atomic E-state index is 13.4. The predicted octanol–water partition coefficient (Wildman–Crippen LogP) is 1.46. The minimum Gasteiger partial charge on any atom is -0.478 e. The largest absolute Gasteiger partial charge is 0.478 e. The van der Waals surface area contributed by atoms with Crippen molar-refractivity contribution in [3.05, 3.63) is 63.8 Å². The number of aromatic carboxylic acids is 1. The van der Waals surface area contributed by atoms with E-state index in [1.165, 1.54) is 24.5 Å². The van der Waals surface area contributed by atoms with Gasteiger partial charge in [-0.3, -0.25) is 9.59 Å². The van der Waals surface area contributed by atoms with Crippen LogP contribution in [-0.2, 0) is 0 Å². The number of hydrogen-bond acceptors (Lipinski definition) is 3. The predicted molar refractivity (Wildman–Crippen MR) is 68.4 cm³/mol. The molecule has 0 saturated heterocycles. The number of benzene rings is 1. The summed E-state index contributed by atoms with van der Waals surface area (Å²) in [5.41, 5.74) is -1.06. The summed E-state index contributed by atoms with van der Waals surface area (Å²) in [7, 11) is 0. The first-order chi connectivity index (χ1) is 9.49. The fourth-order valence-electron chi connectivity index (χ4n) is 1.56. The molecule has 7 heteroatoms. The van der Waals surface area contributed by atoms with Crippen LogP contribution in [0.4, 0.5) is 10.1 Å². The molecule has 0 bridgehead atoms. The van der Waals surface area contributed by atoms with E-state index < -0.39 is 28.7 Å². The topological polar surface area (TPSA) is 99.3 Å². The van der Waals surface area contributed by atoms with Crippen LogP contribution in [0.25, 0.3) is 0 Å². The van der Waals surface area contributed by atoms with Gasteiger partial charge >= 0.3 is 5.97 Å². The lowest BCUT2D eigenvalue weighted by Crippen LogP contribution is -2.21. The van der Waals surface area contributed by atoms with Gasteiger partial charge in [0, 0.05) is 24.1 Å². The molecule has 0 spiro atoms. The molecule has 102 valence electrons. The molecule has 0 aliphatic rings. The van der Waals surface area contributed by atoms with Crippen molar-refractivity contribution in [2.24, 2.45) is 0 Å². The van der Waals surface area contributed by atoms with Crippen LogP contribution in [0.2, 0.25) is 0 Å². The summed E-state index contributed by atoms with van der Waals surface area (Å²) in [4.78, 5) is 36.5. The zero-order valence-corrected chi connectivity index (χ0v) is 10.0. The number of carboxylic acid groups (broad SMARTS) is 1. The lowest BCUT2D eigenvalue weighted by Gasteiger charge is -2.05. The van der Waals surface area contributed by atoms with E-state index in [1.54, 1.807) is 0 Å².